The van der Waals surface area contributed by atoms with Crippen LogP contribution in [0.3, 0.4) is 0 Å². The van der Waals surface area contributed by atoms with Crippen molar-refractivity contribution in [1.29, 1.82) is 0 Å². The molecule has 136 valence electrons. The van der Waals surface area contributed by atoms with Crippen LogP contribution in [0.2, 0.25) is 0 Å². The van der Waals surface area contributed by atoms with Gasteiger partial charge < -0.3 is 24.4 Å². The van der Waals surface area contributed by atoms with Crippen molar-refractivity contribution in [3.8, 4) is 22.8 Å². The highest BCUT2D eigenvalue weighted by atomic mass is 16.5. The van der Waals surface area contributed by atoms with Crippen molar-refractivity contribution in [2.75, 3.05) is 14.2 Å². The summed E-state index contributed by atoms with van der Waals surface area (Å²) in [4.78, 5) is 12.7. The fourth-order valence-corrected chi connectivity index (χ4v) is 2.39. The van der Waals surface area contributed by atoms with Gasteiger partial charge in [-0.1, -0.05) is 5.16 Å². The number of nitrogens with one attached hydrogen (secondary N) is 1. The van der Waals surface area contributed by atoms with E-state index in [1.807, 2.05) is 20.8 Å². The summed E-state index contributed by atoms with van der Waals surface area (Å²) in [6.07, 6.45) is -0.970. The van der Waals surface area contributed by atoms with Crippen LogP contribution >= 0.6 is 0 Å². The van der Waals surface area contributed by atoms with E-state index in [1.54, 1.807) is 25.3 Å². The van der Waals surface area contributed by atoms with Crippen LogP contribution in [0.5, 0.6) is 11.5 Å². The minimum absolute atomic E-state index is 0.117. The number of hydrogen-bond donors (Lipinski definition) is 2. The molecule has 0 spiro atoms. The molecule has 1 aromatic heterocycles. The number of amides is 1. The van der Waals surface area contributed by atoms with Crippen LogP contribution in [0.4, 0.5) is 0 Å². The fraction of sp³-hybridized carbons (Fsp3) is 0.444. The second-order valence-corrected chi connectivity index (χ2v) is 6.72. The second-order valence-electron chi connectivity index (χ2n) is 6.72. The third-order valence-electron chi connectivity index (χ3n) is 3.47. The average Bonchev–Trinajstić information content (AvgIpc) is 2.97. The lowest BCUT2D eigenvalue weighted by molar-refractivity contribution is 0.0907. The summed E-state index contributed by atoms with van der Waals surface area (Å²) in [6.45, 7) is 7.14. The molecule has 0 aliphatic heterocycles. The Morgan fingerprint density at radius 2 is 1.88 bits per heavy atom. The van der Waals surface area contributed by atoms with Crippen molar-refractivity contribution in [2.24, 2.45) is 0 Å². The number of methoxy groups -OCH3 is 2. The summed E-state index contributed by atoms with van der Waals surface area (Å²) in [5.41, 5.74) is 0.710. The average molecular weight is 348 g/mol. The van der Waals surface area contributed by atoms with Crippen molar-refractivity contribution in [2.45, 2.75) is 39.3 Å². The summed E-state index contributed by atoms with van der Waals surface area (Å²) in [5.74, 6) is 0.816. The lowest BCUT2D eigenvalue weighted by Gasteiger charge is -2.20. The van der Waals surface area contributed by atoms with E-state index in [0.717, 1.165) is 0 Å². The van der Waals surface area contributed by atoms with Crippen molar-refractivity contribution >= 4 is 5.91 Å². The first-order chi connectivity index (χ1) is 11.7. The number of rotatable bonds is 5. The lowest BCUT2D eigenvalue weighted by atomic mass is 10.0. The molecule has 2 aromatic rings. The van der Waals surface area contributed by atoms with Gasteiger partial charge in [0.1, 0.15) is 17.4 Å². The smallest absolute Gasteiger partial charge is 0.257 e. The third kappa shape index (κ3) is 4.11. The topological polar surface area (TPSA) is 93.8 Å². The Morgan fingerprint density at radius 1 is 1.24 bits per heavy atom. The van der Waals surface area contributed by atoms with Crippen molar-refractivity contribution in [3.05, 3.63) is 29.5 Å². The van der Waals surface area contributed by atoms with E-state index in [4.69, 9.17) is 14.0 Å². The molecule has 0 bridgehead atoms. The maximum absolute atomic E-state index is 12.7. The van der Waals surface area contributed by atoms with Crippen LogP contribution in [0.1, 0.15) is 49.9 Å². The Bertz CT molecular complexity index is 759. The van der Waals surface area contributed by atoms with Gasteiger partial charge in [-0.15, -0.1) is 0 Å². The van der Waals surface area contributed by atoms with Gasteiger partial charge in [0.15, 0.2) is 17.3 Å². The summed E-state index contributed by atoms with van der Waals surface area (Å²) in [6, 6.07) is 5.17. The minimum Gasteiger partial charge on any atom is -0.493 e. The van der Waals surface area contributed by atoms with Gasteiger partial charge in [-0.25, -0.2) is 0 Å². The molecule has 0 fully saturated rings. The number of nitrogens with zero attached hydrogens (tertiary/aromatic N) is 1. The standard InChI is InChI=1S/C18H24N2O5/c1-10(21)16-14(17(22)19-18(2,3)4)15(20-25-16)11-7-8-12(23-5)13(9-11)24-6/h7-10,21H,1-6H3,(H,19,22)/t10-/m0/s1. The van der Waals surface area contributed by atoms with Crippen LogP contribution < -0.4 is 14.8 Å². The van der Waals surface area contributed by atoms with Crippen molar-refractivity contribution < 1.29 is 23.9 Å². The molecule has 1 aromatic carbocycles. The predicted octanol–water partition coefficient (Wildman–Crippen LogP) is 2.94. The van der Waals surface area contributed by atoms with Crippen LogP contribution in [0, 0.1) is 0 Å². The van der Waals surface area contributed by atoms with Crippen LogP contribution in [-0.4, -0.2) is 35.9 Å². The molecule has 2 rings (SSSR count). The quantitative estimate of drug-likeness (QED) is 0.863. The van der Waals surface area contributed by atoms with E-state index in [9.17, 15) is 9.90 Å². The molecule has 1 atom stereocenters. The lowest BCUT2D eigenvalue weighted by Crippen LogP contribution is -2.41. The molecular formula is C18H24N2O5. The van der Waals surface area contributed by atoms with E-state index in [1.165, 1.54) is 14.0 Å². The molecule has 0 saturated carbocycles. The van der Waals surface area contributed by atoms with Gasteiger partial charge in [-0.05, 0) is 45.9 Å². The van der Waals surface area contributed by atoms with E-state index in [2.05, 4.69) is 10.5 Å². The highest BCUT2D eigenvalue weighted by Crippen LogP contribution is 2.35. The second kappa shape index (κ2) is 7.14. The van der Waals surface area contributed by atoms with E-state index < -0.39 is 11.6 Å². The number of aliphatic hydroxyl groups excluding tert-OH is 1. The summed E-state index contributed by atoms with van der Waals surface area (Å²) >= 11 is 0. The Labute approximate surface area is 146 Å². The molecule has 1 amide bonds. The normalized spacial score (nSPS) is 12.6. The number of benzene rings is 1. The summed E-state index contributed by atoms with van der Waals surface area (Å²) in [5, 5.41) is 16.8. The molecule has 0 unspecified atom stereocenters. The van der Waals surface area contributed by atoms with Crippen LogP contribution in [-0.2, 0) is 0 Å². The maximum Gasteiger partial charge on any atom is 0.257 e. The number of carbonyl (C=O) groups excluding carboxylic acids is 1. The van der Waals surface area contributed by atoms with Gasteiger partial charge >= 0.3 is 0 Å². The molecule has 0 aliphatic rings. The van der Waals surface area contributed by atoms with Gasteiger partial charge in [-0.2, -0.15) is 0 Å². The number of carbonyl (C=O) groups is 1. The van der Waals surface area contributed by atoms with Crippen molar-refractivity contribution in [3.63, 3.8) is 0 Å². The Morgan fingerprint density at radius 3 is 2.40 bits per heavy atom. The van der Waals surface area contributed by atoms with Crippen LogP contribution in [0.25, 0.3) is 11.3 Å². The first-order valence-corrected chi connectivity index (χ1v) is 7.90. The van der Waals surface area contributed by atoms with E-state index in [0.29, 0.717) is 22.8 Å². The summed E-state index contributed by atoms with van der Waals surface area (Å²) < 4.78 is 15.8. The zero-order valence-electron chi connectivity index (χ0n) is 15.3. The van der Waals surface area contributed by atoms with Crippen molar-refractivity contribution in [1.82, 2.24) is 10.5 Å². The van der Waals surface area contributed by atoms with Crippen LogP contribution in [0.15, 0.2) is 22.7 Å². The van der Waals surface area contributed by atoms with Gasteiger partial charge in [0.25, 0.3) is 5.91 Å². The van der Waals surface area contributed by atoms with Gasteiger partial charge in [0, 0.05) is 11.1 Å². The molecule has 25 heavy (non-hydrogen) atoms. The van der Waals surface area contributed by atoms with E-state index >= 15 is 0 Å². The predicted molar refractivity (Wildman–Crippen MR) is 92.9 cm³/mol. The number of hydrogen-bond acceptors (Lipinski definition) is 6. The largest absolute Gasteiger partial charge is 0.493 e. The Balaban J connectivity index is 2.57. The Hall–Kier alpha value is -2.54. The first-order valence-electron chi connectivity index (χ1n) is 7.90. The third-order valence-corrected chi connectivity index (χ3v) is 3.47. The molecule has 7 nitrogen and oxygen atoms in total. The van der Waals surface area contributed by atoms with Gasteiger partial charge in [-0.3, -0.25) is 4.79 Å². The molecular weight excluding hydrogens is 324 g/mol. The molecule has 7 heteroatoms. The number of aliphatic hydroxyl groups is 1. The first kappa shape index (κ1) is 18.8. The van der Waals surface area contributed by atoms with Gasteiger partial charge in [0.2, 0.25) is 0 Å². The molecule has 2 N–H and O–H groups in total. The monoisotopic (exact) mass is 348 g/mol. The SMILES string of the molecule is COc1ccc(-c2noc([C@H](C)O)c2C(=O)NC(C)(C)C)cc1OC. The zero-order valence-corrected chi connectivity index (χ0v) is 15.3. The van der Waals surface area contributed by atoms with Gasteiger partial charge in [0.05, 0.1) is 14.2 Å². The fourth-order valence-electron chi connectivity index (χ4n) is 2.39. The molecule has 0 saturated heterocycles. The minimum atomic E-state index is -0.970. The molecule has 0 radical (unpaired) electrons. The molecule has 0 aliphatic carbocycles. The Kier molecular flexibility index (Phi) is 5.37. The maximum atomic E-state index is 12.7. The summed E-state index contributed by atoms with van der Waals surface area (Å²) in [7, 11) is 3.07. The highest BCUT2D eigenvalue weighted by molar-refractivity contribution is 6.01. The molecule has 1 heterocycles. The number of aromatic nitrogens is 1. The highest BCUT2D eigenvalue weighted by Gasteiger charge is 2.29. The zero-order chi connectivity index (χ0) is 18.8. The van der Waals surface area contributed by atoms with E-state index in [-0.39, 0.29) is 17.2 Å². The number of ether oxygens (including phenoxy) is 2.